The highest BCUT2D eigenvalue weighted by Crippen LogP contribution is 2.34. The van der Waals surface area contributed by atoms with Gasteiger partial charge >= 0.3 is 6.18 Å². The Balaban J connectivity index is 2.16. The molecule has 0 aliphatic carbocycles. The van der Waals surface area contributed by atoms with Gasteiger partial charge in [0, 0.05) is 30.9 Å². The summed E-state index contributed by atoms with van der Waals surface area (Å²) >= 11 is 0. The van der Waals surface area contributed by atoms with Crippen molar-refractivity contribution in [3.63, 3.8) is 0 Å². The smallest absolute Gasteiger partial charge is 0.407 e. The Morgan fingerprint density at radius 1 is 1.05 bits per heavy atom. The van der Waals surface area contributed by atoms with Gasteiger partial charge in [-0.25, -0.2) is 4.98 Å². The lowest BCUT2D eigenvalue weighted by atomic mass is 9.99. The summed E-state index contributed by atoms with van der Waals surface area (Å²) in [5.41, 5.74) is 0.604. The predicted molar refractivity (Wildman–Crippen MR) is 136 cm³/mol. The first-order valence-electron chi connectivity index (χ1n) is 12.1. The van der Waals surface area contributed by atoms with Gasteiger partial charge in [-0.3, -0.25) is 10.1 Å². The lowest BCUT2D eigenvalue weighted by Crippen LogP contribution is -2.52. The Morgan fingerprint density at radius 2 is 1.78 bits per heavy atom. The van der Waals surface area contributed by atoms with E-state index < -0.39 is 24.2 Å². The number of pyridine rings is 1. The molecule has 0 aliphatic heterocycles. The molecule has 3 atom stereocenters. The average Bonchev–Trinajstić information content (AvgIpc) is 2.87. The van der Waals surface area contributed by atoms with Gasteiger partial charge in [0.05, 0.1) is 33.1 Å². The van der Waals surface area contributed by atoms with Crippen LogP contribution in [0.2, 0.25) is 0 Å². The molecule has 1 aromatic heterocycles. The second kappa shape index (κ2) is 13.9. The van der Waals surface area contributed by atoms with Crippen LogP contribution < -0.4 is 30.2 Å². The van der Waals surface area contributed by atoms with Crippen molar-refractivity contribution >= 4 is 11.6 Å². The minimum Gasteiger partial charge on any atom is -0.497 e. The Hall–Kier alpha value is -3.21. The number of hydrogen-bond donors (Lipinski definition) is 3. The highest BCUT2D eigenvalue weighted by molar-refractivity contribution is 5.82. The molecule has 1 aromatic carbocycles. The van der Waals surface area contributed by atoms with E-state index in [0.29, 0.717) is 30.2 Å². The summed E-state index contributed by atoms with van der Waals surface area (Å²) in [6.07, 6.45) is -2.74. The van der Waals surface area contributed by atoms with Crippen molar-refractivity contribution in [1.82, 2.24) is 15.6 Å². The van der Waals surface area contributed by atoms with Crippen LogP contribution in [0.4, 0.5) is 18.9 Å². The van der Waals surface area contributed by atoms with Crippen molar-refractivity contribution in [2.75, 3.05) is 33.2 Å². The molecule has 1 amide bonds. The first kappa shape index (κ1) is 30.0. The van der Waals surface area contributed by atoms with Gasteiger partial charge < -0.3 is 24.8 Å². The normalized spacial score (nSPS) is 14.0. The van der Waals surface area contributed by atoms with Crippen molar-refractivity contribution in [3.05, 3.63) is 42.1 Å². The van der Waals surface area contributed by atoms with Gasteiger partial charge in [0.25, 0.3) is 0 Å². The number of benzene rings is 1. The number of nitrogens with zero attached hydrogens (tertiary/aromatic N) is 1. The van der Waals surface area contributed by atoms with Gasteiger partial charge in [0.1, 0.15) is 17.5 Å². The Labute approximate surface area is 216 Å². The SMILES string of the molecule is CC[C@@H](CNc1ccc(OC)cc1OC)NC(=O)[C@H](CC(C)C)N[C@@H](c1ccc(OC)nc1)C(F)(F)F. The predicted octanol–water partition coefficient (Wildman–Crippen LogP) is 4.72. The number of nitrogens with one attached hydrogen (secondary N) is 3. The zero-order valence-corrected chi connectivity index (χ0v) is 22.1. The minimum absolute atomic E-state index is 0.0205. The molecule has 11 heteroatoms. The van der Waals surface area contributed by atoms with E-state index in [-0.39, 0.29) is 29.8 Å². The molecular formula is C26H37F3N4O4. The quantitative estimate of drug-likeness (QED) is 0.328. The summed E-state index contributed by atoms with van der Waals surface area (Å²) in [6.45, 7) is 5.96. The number of anilines is 1. The maximum Gasteiger partial charge on any atom is 0.407 e. The molecule has 3 N–H and O–H groups in total. The molecule has 37 heavy (non-hydrogen) atoms. The van der Waals surface area contributed by atoms with E-state index in [1.165, 1.54) is 26.4 Å². The second-order valence-corrected chi connectivity index (χ2v) is 9.02. The molecule has 2 rings (SSSR count). The van der Waals surface area contributed by atoms with Crippen LogP contribution in [0.3, 0.4) is 0 Å². The number of halogens is 3. The van der Waals surface area contributed by atoms with Gasteiger partial charge in [0.2, 0.25) is 11.8 Å². The Kier molecular flexibility index (Phi) is 11.3. The number of carbonyl (C=O) groups excluding carboxylic acids is 1. The van der Waals surface area contributed by atoms with Crippen LogP contribution in [0.25, 0.3) is 0 Å². The molecule has 0 saturated carbocycles. The molecule has 206 valence electrons. The fraction of sp³-hybridized carbons (Fsp3) is 0.538. The fourth-order valence-corrected chi connectivity index (χ4v) is 3.76. The van der Waals surface area contributed by atoms with Crippen molar-refractivity contribution in [1.29, 1.82) is 0 Å². The highest BCUT2D eigenvalue weighted by atomic mass is 19.4. The van der Waals surface area contributed by atoms with Gasteiger partial charge in [-0.15, -0.1) is 0 Å². The zero-order chi connectivity index (χ0) is 27.6. The van der Waals surface area contributed by atoms with Crippen LogP contribution >= 0.6 is 0 Å². The van der Waals surface area contributed by atoms with Crippen molar-refractivity contribution in [2.45, 2.75) is 57.9 Å². The van der Waals surface area contributed by atoms with Crippen molar-refractivity contribution in [3.8, 4) is 17.4 Å². The van der Waals surface area contributed by atoms with E-state index in [4.69, 9.17) is 14.2 Å². The lowest BCUT2D eigenvalue weighted by Gasteiger charge is -2.29. The zero-order valence-electron chi connectivity index (χ0n) is 22.1. The molecule has 0 saturated heterocycles. The summed E-state index contributed by atoms with van der Waals surface area (Å²) in [7, 11) is 4.48. The molecule has 0 unspecified atom stereocenters. The van der Waals surface area contributed by atoms with Gasteiger partial charge in [0.15, 0.2) is 0 Å². The monoisotopic (exact) mass is 526 g/mol. The highest BCUT2D eigenvalue weighted by Gasteiger charge is 2.43. The molecule has 8 nitrogen and oxygen atoms in total. The summed E-state index contributed by atoms with van der Waals surface area (Å²) in [5.74, 6) is 0.887. The molecule has 1 heterocycles. The van der Waals surface area contributed by atoms with E-state index in [1.54, 1.807) is 25.3 Å². The van der Waals surface area contributed by atoms with Crippen LogP contribution in [-0.4, -0.2) is 57.0 Å². The van der Waals surface area contributed by atoms with E-state index in [1.807, 2.05) is 20.8 Å². The third-order valence-corrected chi connectivity index (χ3v) is 5.81. The maximum atomic E-state index is 14.0. The number of carbonyl (C=O) groups is 1. The topological polar surface area (TPSA) is 93.7 Å². The van der Waals surface area contributed by atoms with Crippen LogP contribution in [0.1, 0.15) is 45.2 Å². The average molecular weight is 527 g/mol. The van der Waals surface area contributed by atoms with Crippen molar-refractivity contribution < 1.29 is 32.2 Å². The molecule has 0 aliphatic rings. The van der Waals surface area contributed by atoms with Gasteiger partial charge in [-0.05, 0) is 36.5 Å². The number of rotatable bonds is 14. The summed E-state index contributed by atoms with van der Waals surface area (Å²) in [6, 6.07) is 4.49. The minimum atomic E-state index is -4.64. The number of alkyl halides is 3. The molecule has 0 bridgehead atoms. The third kappa shape index (κ3) is 8.99. The Bertz CT molecular complexity index is 987. The number of aromatic nitrogens is 1. The summed E-state index contributed by atoms with van der Waals surface area (Å²) in [5, 5.41) is 8.67. The lowest BCUT2D eigenvalue weighted by molar-refractivity contribution is -0.161. The van der Waals surface area contributed by atoms with Gasteiger partial charge in [-0.1, -0.05) is 26.8 Å². The first-order valence-corrected chi connectivity index (χ1v) is 12.1. The second-order valence-electron chi connectivity index (χ2n) is 9.02. The number of ether oxygens (including phenoxy) is 3. The van der Waals surface area contributed by atoms with Crippen LogP contribution in [0.15, 0.2) is 36.5 Å². The van der Waals surface area contributed by atoms with E-state index in [2.05, 4.69) is 20.9 Å². The number of amides is 1. The van der Waals surface area contributed by atoms with E-state index in [9.17, 15) is 18.0 Å². The number of hydrogen-bond acceptors (Lipinski definition) is 7. The fourth-order valence-electron chi connectivity index (χ4n) is 3.76. The third-order valence-electron chi connectivity index (χ3n) is 5.81. The largest absolute Gasteiger partial charge is 0.497 e. The number of methoxy groups -OCH3 is 3. The summed E-state index contributed by atoms with van der Waals surface area (Å²) in [4.78, 5) is 17.1. The van der Waals surface area contributed by atoms with E-state index >= 15 is 0 Å². The Morgan fingerprint density at radius 3 is 2.30 bits per heavy atom. The first-order chi connectivity index (χ1) is 17.5. The van der Waals surface area contributed by atoms with Crippen molar-refractivity contribution in [2.24, 2.45) is 5.92 Å². The van der Waals surface area contributed by atoms with Crippen LogP contribution in [-0.2, 0) is 4.79 Å². The summed E-state index contributed by atoms with van der Waals surface area (Å²) < 4.78 is 57.6. The van der Waals surface area contributed by atoms with Crippen LogP contribution in [0.5, 0.6) is 17.4 Å². The van der Waals surface area contributed by atoms with Gasteiger partial charge in [-0.2, -0.15) is 13.2 Å². The molecular weight excluding hydrogens is 489 g/mol. The maximum absolute atomic E-state index is 14.0. The molecule has 0 fully saturated rings. The standard InChI is InChI=1S/C26H37F3N4O4/c1-7-18(15-30-20-10-9-19(35-4)13-22(20)36-5)32-25(34)21(12-16(2)3)33-24(26(27,28)29)17-8-11-23(37-6)31-14-17/h8-11,13-14,16,18,21,24,30,33H,7,12,15H2,1-6H3,(H,32,34)/t18-,21-,24-/m0/s1. The molecule has 0 spiro atoms. The van der Waals surface area contributed by atoms with E-state index in [0.717, 1.165) is 6.20 Å². The molecule has 2 aromatic rings. The molecule has 0 radical (unpaired) electrons. The van der Waals surface area contributed by atoms with Crippen LogP contribution in [0, 0.1) is 5.92 Å².